The van der Waals surface area contributed by atoms with Gasteiger partial charge in [0, 0.05) is 42.9 Å². The first-order valence-corrected chi connectivity index (χ1v) is 9.77. The van der Waals surface area contributed by atoms with Crippen molar-refractivity contribution in [2.45, 2.75) is 33.1 Å². The molecule has 0 aliphatic carbocycles. The van der Waals surface area contributed by atoms with E-state index in [2.05, 4.69) is 53.5 Å². The number of para-hydroxylation sites is 1. The average molecular weight is 364 g/mol. The first-order chi connectivity index (χ1) is 13.2. The minimum atomic E-state index is 0.0662. The number of carbonyl (C=O) groups excluding carboxylic acids is 1. The van der Waals surface area contributed by atoms with E-state index >= 15 is 0 Å². The number of hydrogen-bond acceptors (Lipinski definition) is 3. The number of fused-ring (bicyclic) bond motifs is 1. The van der Waals surface area contributed by atoms with Crippen LogP contribution < -0.4 is 5.32 Å². The van der Waals surface area contributed by atoms with Crippen LogP contribution in [0.2, 0.25) is 0 Å². The molecule has 0 saturated carbocycles. The van der Waals surface area contributed by atoms with Gasteiger partial charge in [-0.15, -0.1) is 0 Å². The van der Waals surface area contributed by atoms with Gasteiger partial charge in [-0.3, -0.25) is 4.79 Å². The summed E-state index contributed by atoms with van der Waals surface area (Å²) >= 11 is 0. The van der Waals surface area contributed by atoms with Crippen molar-refractivity contribution in [3.8, 4) is 0 Å². The molecule has 142 valence electrons. The molecule has 0 bridgehead atoms. The summed E-state index contributed by atoms with van der Waals surface area (Å²) in [6.45, 7) is 6.55. The molecule has 5 heteroatoms. The van der Waals surface area contributed by atoms with E-state index in [0.29, 0.717) is 5.56 Å². The number of carbonyl (C=O) groups is 1. The Morgan fingerprint density at radius 2 is 1.89 bits per heavy atom. The van der Waals surface area contributed by atoms with Crippen molar-refractivity contribution in [3.63, 3.8) is 0 Å². The van der Waals surface area contributed by atoms with Crippen LogP contribution in [0.25, 0.3) is 10.9 Å². The second-order valence-electron chi connectivity index (χ2n) is 6.76. The number of anilines is 1. The first kappa shape index (κ1) is 19.0. The summed E-state index contributed by atoms with van der Waals surface area (Å²) in [4.78, 5) is 22.2. The fraction of sp³-hybridized carbons (Fsp3) is 0.364. The van der Waals surface area contributed by atoms with Crippen molar-refractivity contribution in [3.05, 3.63) is 59.9 Å². The van der Waals surface area contributed by atoms with Gasteiger partial charge >= 0.3 is 0 Å². The zero-order chi connectivity index (χ0) is 19.1. The Balaban J connectivity index is 1.56. The van der Waals surface area contributed by atoms with E-state index in [9.17, 15) is 4.79 Å². The minimum Gasteiger partial charge on any atom is -0.370 e. The molecule has 1 amide bonds. The molecule has 0 atom stereocenters. The molecule has 5 nitrogen and oxygen atoms in total. The van der Waals surface area contributed by atoms with Crippen LogP contribution in [0.15, 0.2) is 48.8 Å². The van der Waals surface area contributed by atoms with Crippen LogP contribution in [0.5, 0.6) is 0 Å². The summed E-state index contributed by atoms with van der Waals surface area (Å²) in [5, 5.41) is 4.61. The van der Waals surface area contributed by atoms with E-state index in [1.165, 1.54) is 10.9 Å². The van der Waals surface area contributed by atoms with Gasteiger partial charge in [0.1, 0.15) is 5.82 Å². The van der Waals surface area contributed by atoms with Gasteiger partial charge < -0.3 is 15.2 Å². The monoisotopic (exact) mass is 364 g/mol. The molecule has 0 unspecified atom stereocenters. The lowest BCUT2D eigenvalue weighted by atomic mass is 10.1. The second-order valence-corrected chi connectivity index (χ2v) is 6.76. The van der Waals surface area contributed by atoms with E-state index in [0.717, 1.165) is 50.2 Å². The van der Waals surface area contributed by atoms with E-state index in [1.54, 1.807) is 6.20 Å². The van der Waals surface area contributed by atoms with Gasteiger partial charge in [0.15, 0.2) is 0 Å². The number of nitrogens with zero attached hydrogens (tertiary/aromatic N) is 2. The molecule has 0 spiro atoms. The van der Waals surface area contributed by atoms with Crippen LogP contribution in [0.1, 0.15) is 42.6 Å². The van der Waals surface area contributed by atoms with Crippen molar-refractivity contribution in [2.24, 2.45) is 0 Å². The number of aromatic nitrogens is 2. The van der Waals surface area contributed by atoms with Crippen molar-refractivity contribution in [2.75, 3.05) is 25.0 Å². The van der Waals surface area contributed by atoms with E-state index in [-0.39, 0.29) is 5.91 Å². The fourth-order valence-corrected chi connectivity index (χ4v) is 3.33. The topological polar surface area (TPSA) is 61.0 Å². The van der Waals surface area contributed by atoms with Gasteiger partial charge in [0.25, 0.3) is 5.91 Å². The molecule has 3 rings (SSSR count). The van der Waals surface area contributed by atoms with Crippen LogP contribution in [-0.2, 0) is 6.42 Å². The molecular formula is C22H28N4O. The molecule has 0 radical (unpaired) electrons. The maximum absolute atomic E-state index is 12.6. The normalized spacial score (nSPS) is 10.9. The first-order valence-electron chi connectivity index (χ1n) is 9.77. The highest BCUT2D eigenvalue weighted by Crippen LogP contribution is 2.18. The highest BCUT2D eigenvalue weighted by Gasteiger charge is 2.14. The Bertz CT molecular complexity index is 863. The van der Waals surface area contributed by atoms with Gasteiger partial charge in [-0.2, -0.15) is 0 Å². The third-order valence-electron chi connectivity index (χ3n) is 4.66. The Morgan fingerprint density at radius 3 is 2.59 bits per heavy atom. The predicted octanol–water partition coefficient (Wildman–Crippen LogP) is 4.48. The largest absolute Gasteiger partial charge is 0.370 e. The summed E-state index contributed by atoms with van der Waals surface area (Å²) in [5.41, 5.74) is 3.11. The maximum Gasteiger partial charge on any atom is 0.255 e. The summed E-state index contributed by atoms with van der Waals surface area (Å²) < 4.78 is 0. The molecule has 0 aliphatic rings. The average Bonchev–Trinajstić information content (AvgIpc) is 3.11. The van der Waals surface area contributed by atoms with E-state index in [1.807, 2.05) is 23.1 Å². The Hall–Kier alpha value is -2.82. The smallest absolute Gasteiger partial charge is 0.255 e. The SMILES string of the molecule is CCCN(CCC)C(=O)c1ccc(NCCc2c[nH]c3ccccc23)nc1. The van der Waals surface area contributed by atoms with Crippen LogP contribution >= 0.6 is 0 Å². The number of pyridine rings is 1. The van der Waals surface area contributed by atoms with Crippen molar-refractivity contribution in [1.29, 1.82) is 0 Å². The number of aromatic amines is 1. The van der Waals surface area contributed by atoms with Gasteiger partial charge in [0.05, 0.1) is 5.56 Å². The minimum absolute atomic E-state index is 0.0662. The van der Waals surface area contributed by atoms with Crippen LogP contribution in [0, 0.1) is 0 Å². The summed E-state index contributed by atoms with van der Waals surface area (Å²) in [6.07, 6.45) is 6.58. The zero-order valence-corrected chi connectivity index (χ0v) is 16.2. The lowest BCUT2D eigenvalue weighted by Crippen LogP contribution is -2.32. The summed E-state index contributed by atoms with van der Waals surface area (Å²) in [7, 11) is 0. The van der Waals surface area contributed by atoms with E-state index in [4.69, 9.17) is 0 Å². The highest BCUT2D eigenvalue weighted by molar-refractivity contribution is 5.94. The summed E-state index contributed by atoms with van der Waals surface area (Å²) in [6, 6.07) is 12.1. The Labute approximate surface area is 160 Å². The maximum atomic E-state index is 12.6. The molecule has 1 aromatic carbocycles. The molecule has 0 fully saturated rings. The van der Waals surface area contributed by atoms with Gasteiger partial charge in [-0.1, -0.05) is 32.0 Å². The van der Waals surface area contributed by atoms with Crippen molar-refractivity contribution in [1.82, 2.24) is 14.9 Å². The molecular weight excluding hydrogens is 336 g/mol. The zero-order valence-electron chi connectivity index (χ0n) is 16.2. The number of benzene rings is 1. The van der Waals surface area contributed by atoms with Crippen LogP contribution in [-0.4, -0.2) is 40.4 Å². The van der Waals surface area contributed by atoms with Crippen LogP contribution in [0.3, 0.4) is 0 Å². The Morgan fingerprint density at radius 1 is 1.11 bits per heavy atom. The molecule has 3 aromatic rings. The third kappa shape index (κ3) is 4.67. The molecule has 0 saturated heterocycles. The number of amides is 1. The van der Waals surface area contributed by atoms with Gasteiger partial charge in [0.2, 0.25) is 0 Å². The third-order valence-corrected chi connectivity index (χ3v) is 4.66. The molecule has 2 heterocycles. The lowest BCUT2D eigenvalue weighted by molar-refractivity contribution is 0.0755. The van der Waals surface area contributed by atoms with Gasteiger partial charge in [-0.05, 0) is 43.0 Å². The molecule has 2 aromatic heterocycles. The number of hydrogen-bond donors (Lipinski definition) is 2. The van der Waals surface area contributed by atoms with Crippen molar-refractivity contribution >= 4 is 22.6 Å². The van der Waals surface area contributed by atoms with Crippen LogP contribution in [0.4, 0.5) is 5.82 Å². The van der Waals surface area contributed by atoms with Crippen molar-refractivity contribution < 1.29 is 4.79 Å². The fourth-order valence-electron chi connectivity index (χ4n) is 3.33. The molecule has 2 N–H and O–H groups in total. The van der Waals surface area contributed by atoms with E-state index < -0.39 is 0 Å². The molecule has 27 heavy (non-hydrogen) atoms. The second kappa shape index (κ2) is 9.21. The standard InChI is InChI=1S/C22H28N4O/c1-3-13-26(14-4-2)22(27)18-9-10-21(25-16-18)23-12-11-17-15-24-20-8-6-5-7-19(17)20/h5-10,15-16,24H,3-4,11-14H2,1-2H3,(H,23,25). The predicted molar refractivity (Wildman–Crippen MR) is 111 cm³/mol. The number of rotatable bonds is 9. The highest BCUT2D eigenvalue weighted by atomic mass is 16.2. The summed E-state index contributed by atoms with van der Waals surface area (Å²) in [5.74, 6) is 0.862. The lowest BCUT2D eigenvalue weighted by Gasteiger charge is -2.21. The quantitative estimate of drug-likeness (QED) is 0.588. The van der Waals surface area contributed by atoms with Gasteiger partial charge in [-0.25, -0.2) is 4.98 Å². The Kier molecular flexibility index (Phi) is 6.47. The molecule has 0 aliphatic heterocycles. The number of H-pyrrole nitrogens is 1. The number of nitrogens with one attached hydrogen (secondary N) is 2.